The minimum absolute atomic E-state index is 0.0949. The molecule has 4 heteroatoms. The predicted octanol–water partition coefficient (Wildman–Crippen LogP) is 19.1. The highest BCUT2D eigenvalue weighted by molar-refractivity contribution is 7.26. The molecule has 356 valence electrons. The van der Waals surface area contributed by atoms with Crippen LogP contribution in [0.1, 0.15) is 97.2 Å². The Bertz CT molecular complexity index is 4090. The Morgan fingerprint density at radius 3 is 1.51 bits per heavy atom. The summed E-state index contributed by atoms with van der Waals surface area (Å²) in [6.45, 7) is 13.9. The summed E-state index contributed by atoms with van der Waals surface area (Å²) in [5.74, 6) is 3.56. The van der Waals surface area contributed by atoms with Crippen LogP contribution in [0.4, 0.5) is 17.1 Å². The summed E-state index contributed by atoms with van der Waals surface area (Å²) in [5, 5.41) is 2.53. The van der Waals surface area contributed by atoms with Gasteiger partial charge in [0.05, 0.1) is 26.9 Å². The summed E-state index contributed by atoms with van der Waals surface area (Å²) < 4.78 is 16.4. The number of benzene rings is 10. The maximum Gasteiger partial charge on any atom is 0.132 e. The van der Waals surface area contributed by atoms with Gasteiger partial charge in [0, 0.05) is 49.0 Å². The van der Waals surface area contributed by atoms with E-state index in [0.29, 0.717) is 0 Å². The first-order chi connectivity index (χ1) is 36.0. The average molecular weight is 972 g/mol. The predicted molar refractivity (Wildman–Crippen MR) is 306 cm³/mol. The third-order valence-corrected chi connectivity index (χ3v) is 17.9. The molecule has 0 bridgehead atoms. The first kappa shape index (κ1) is 43.4. The lowest BCUT2D eigenvalue weighted by molar-refractivity contribution is 0.433. The molecule has 0 saturated carbocycles. The van der Waals surface area contributed by atoms with Gasteiger partial charge < -0.3 is 14.4 Å². The van der Waals surface area contributed by atoms with E-state index in [1.54, 1.807) is 0 Å². The monoisotopic (exact) mass is 971 g/mol. The second-order valence-corrected chi connectivity index (χ2v) is 23.8. The van der Waals surface area contributed by atoms with Gasteiger partial charge in [-0.3, -0.25) is 0 Å². The van der Waals surface area contributed by atoms with Crippen LogP contribution >= 0.6 is 11.3 Å². The van der Waals surface area contributed by atoms with Crippen LogP contribution < -0.4 is 14.4 Å². The highest BCUT2D eigenvalue weighted by atomic mass is 32.1. The SMILES string of the molecule is CC(C)(C)c1ccc2c(c1)C1(c3cc(C(C)(C)C)ccc3O2)c2ccccc2-c2c(N(c3ccc4c(c3)C3(c5ccccc5Oc5ccccc53)c3ccccc3-4)c3cccc4c3sc3ccccc34)cccc21. The van der Waals surface area contributed by atoms with Gasteiger partial charge in [0.2, 0.25) is 0 Å². The lowest BCUT2D eigenvalue weighted by Crippen LogP contribution is -2.33. The van der Waals surface area contributed by atoms with E-state index in [2.05, 4.69) is 259 Å². The summed E-state index contributed by atoms with van der Waals surface area (Å²) in [7, 11) is 0. The molecule has 10 aromatic carbocycles. The molecule has 74 heavy (non-hydrogen) atoms. The number of ether oxygens (including phenoxy) is 2. The van der Waals surface area contributed by atoms with E-state index in [9.17, 15) is 0 Å². The van der Waals surface area contributed by atoms with E-state index in [1.165, 1.54) is 86.9 Å². The lowest BCUT2D eigenvalue weighted by atomic mass is 9.64. The summed E-state index contributed by atoms with van der Waals surface area (Å²) in [5.41, 5.74) is 19.0. The van der Waals surface area contributed by atoms with Crippen molar-refractivity contribution in [2.24, 2.45) is 0 Å². The summed E-state index contributed by atoms with van der Waals surface area (Å²) >= 11 is 1.88. The fraction of sp³-hybridized carbons (Fsp3) is 0.143. The maximum absolute atomic E-state index is 7.08. The van der Waals surface area contributed by atoms with Gasteiger partial charge in [-0.2, -0.15) is 0 Å². The van der Waals surface area contributed by atoms with E-state index in [1.807, 2.05) is 11.3 Å². The number of rotatable bonds is 3. The van der Waals surface area contributed by atoms with Crippen molar-refractivity contribution in [1.82, 2.24) is 0 Å². The normalized spacial score (nSPS) is 14.8. The van der Waals surface area contributed by atoms with Crippen LogP contribution in [-0.4, -0.2) is 0 Å². The zero-order chi connectivity index (χ0) is 49.9. The van der Waals surface area contributed by atoms with Crippen LogP contribution in [0.5, 0.6) is 23.0 Å². The van der Waals surface area contributed by atoms with E-state index >= 15 is 0 Å². The average Bonchev–Trinajstić information content (AvgIpc) is 4.08. The number of anilines is 3. The maximum atomic E-state index is 7.08. The molecular formula is C70H53NO2S. The third kappa shape index (κ3) is 5.72. The van der Waals surface area contributed by atoms with Gasteiger partial charge in [0.15, 0.2) is 0 Å². The smallest absolute Gasteiger partial charge is 0.132 e. The van der Waals surface area contributed by atoms with Crippen molar-refractivity contribution in [3.8, 4) is 45.3 Å². The standard InChI is InChI=1S/C70H53NO2S/c1-67(2,3)42-33-37-62-56(39-42)70(57-40-43(68(4,5)6)34-38-63(57)73-62)51-24-11-8-21-49(51)65-54(70)27-18-28-58(65)71(59-29-17-22-48-47-20-9-16-32-64(47)74-66(48)59)44-35-36-46-45-19-7-10-23-50(45)69(55(46)41-44)52-25-12-14-30-60(52)72-61-31-15-13-26-53(61)69/h7-41H,1-6H3. The first-order valence-electron chi connectivity index (χ1n) is 26.0. The van der Waals surface area contributed by atoms with Gasteiger partial charge in [-0.15, -0.1) is 11.3 Å². The third-order valence-electron chi connectivity index (χ3n) is 16.7. The van der Waals surface area contributed by atoms with E-state index in [0.717, 1.165) is 51.2 Å². The second-order valence-electron chi connectivity index (χ2n) is 22.7. The van der Waals surface area contributed by atoms with Gasteiger partial charge >= 0.3 is 0 Å². The van der Waals surface area contributed by atoms with Crippen LogP contribution in [-0.2, 0) is 21.7 Å². The molecule has 3 heterocycles. The van der Waals surface area contributed by atoms with Crippen LogP contribution in [0.15, 0.2) is 212 Å². The first-order valence-corrected chi connectivity index (χ1v) is 26.8. The molecule has 3 nitrogen and oxygen atoms in total. The van der Waals surface area contributed by atoms with Gasteiger partial charge in [-0.25, -0.2) is 0 Å². The fourth-order valence-electron chi connectivity index (χ4n) is 13.4. The molecule has 15 rings (SSSR count). The molecule has 0 radical (unpaired) electrons. The molecule has 4 aliphatic rings. The summed E-state index contributed by atoms with van der Waals surface area (Å²) in [6.07, 6.45) is 0. The van der Waals surface area contributed by atoms with Crippen molar-refractivity contribution >= 4 is 48.6 Å². The molecule has 0 fully saturated rings. The fourth-order valence-corrected chi connectivity index (χ4v) is 14.6. The van der Waals surface area contributed by atoms with Crippen molar-refractivity contribution in [2.45, 2.75) is 63.2 Å². The molecule has 2 aliphatic carbocycles. The molecule has 0 saturated heterocycles. The number of thiophene rings is 1. The largest absolute Gasteiger partial charge is 0.457 e. The zero-order valence-corrected chi connectivity index (χ0v) is 43.2. The Balaban J connectivity index is 1.07. The zero-order valence-electron chi connectivity index (χ0n) is 42.4. The van der Waals surface area contributed by atoms with Crippen LogP contribution in [0.25, 0.3) is 42.4 Å². The Kier molecular flexibility index (Phi) is 8.91. The molecule has 2 spiro atoms. The number of hydrogen-bond donors (Lipinski definition) is 0. The van der Waals surface area contributed by atoms with Gasteiger partial charge in [-0.05, 0) is 128 Å². The van der Waals surface area contributed by atoms with Crippen LogP contribution in [0, 0.1) is 0 Å². The molecule has 0 N–H and O–H groups in total. The summed E-state index contributed by atoms with van der Waals surface area (Å²) in [6, 6.07) is 79.6. The van der Waals surface area contributed by atoms with E-state index in [-0.39, 0.29) is 10.8 Å². The van der Waals surface area contributed by atoms with Crippen molar-refractivity contribution in [3.63, 3.8) is 0 Å². The Hall–Kier alpha value is -8.18. The molecule has 0 amide bonds. The van der Waals surface area contributed by atoms with Crippen molar-refractivity contribution in [2.75, 3.05) is 4.90 Å². The number of hydrogen-bond acceptors (Lipinski definition) is 4. The van der Waals surface area contributed by atoms with Gasteiger partial charge in [-0.1, -0.05) is 187 Å². The minimum Gasteiger partial charge on any atom is -0.457 e. The van der Waals surface area contributed by atoms with Crippen molar-refractivity contribution in [3.05, 3.63) is 268 Å². The lowest BCUT2D eigenvalue weighted by Gasteiger charge is -2.41. The Morgan fingerprint density at radius 2 is 0.851 bits per heavy atom. The molecule has 0 atom stereocenters. The van der Waals surface area contributed by atoms with Crippen molar-refractivity contribution < 1.29 is 9.47 Å². The number of fused-ring (bicyclic) bond motifs is 21. The van der Waals surface area contributed by atoms with Gasteiger partial charge in [0.1, 0.15) is 23.0 Å². The summed E-state index contributed by atoms with van der Waals surface area (Å²) in [4.78, 5) is 2.60. The highest BCUT2D eigenvalue weighted by Crippen LogP contribution is 2.67. The quantitative estimate of drug-likeness (QED) is 0.176. The molecule has 0 unspecified atom stereocenters. The van der Waals surface area contributed by atoms with Gasteiger partial charge in [0.25, 0.3) is 0 Å². The van der Waals surface area contributed by atoms with Crippen LogP contribution in [0.3, 0.4) is 0 Å². The number of para-hydroxylation sites is 2. The molecule has 11 aromatic rings. The van der Waals surface area contributed by atoms with E-state index < -0.39 is 10.8 Å². The molecular weight excluding hydrogens is 919 g/mol. The highest BCUT2D eigenvalue weighted by Gasteiger charge is 2.54. The molecule has 1 aromatic heterocycles. The Labute approximate surface area is 437 Å². The van der Waals surface area contributed by atoms with Crippen LogP contribution in [0.2, 0.25) is 0 Å². The topological polar surface area (TPSA) is 21.7 Å². The minimum atomic E-state index is -0.693. The second kappa shape index (κ2) is 15.2. The van der Waals surface area contributed by atoms with E-state index in [4.69, 9.17) is 9.47 Å². The molecule has 2 aliphatic heterocycles. The Morgan fingerprint density at radius 1 is 0.365 bits per heavy atom. The number of nitrogens with zero attached hydrogens (tertiary/aromatic N) is 1. The van der Waals surface area contributed by atoms with Crippen molar-refractivity contribution in [1.29, 1.82) is 0 Å².